The molecule has 0 spiro atoms. The lowest BCUT2D eigenvalue weighted by atomic mass is 10.1. The van der Waals surface area contributed by atoms with Crippen molar-refractivity contribution in [3.8, 4) is 0 Å². The highest BCUT2D eigenvalue weighted by atomic mass is 35.5. The van der Waals surface area contributed by atoms with Crippen LogP contribution in [0.25, 0.3) is 0 Å². The van der Waals surface area contributed by atoms with Crippen molar-refractivity contribution in [1.29, 1.82) is 0 Å². The second-order valence-corrected chi connectivity index (χ2v) is 4.67. The molecule has 0 radical (unpaired) electrons. The molecule has 1 rings (SSSR count). The molecule has 0 aliphatic rings. The van der Waals surface area contributed by atoms with Crippen LogP contribution >= 0.6 is 20.0 Å². The zero-order valence-electron chi connectivity index (χ0n) is 7.60. The lowest BCUT2D eigenvalue weighted by molar-refractivity contribution is 0.476. The Morgan fingerprint density at radius 1 is 1.29 bits per heavy atom. The van der Waals surface area contributed by atoms with Crippen molar-refractivity contribution in [3.05, 3.63) is 34.9 Å². The minimum atomic E-state index is -1.84. The Balaban J connectivity index is 2.52. The first-order valence-corrected chi connectivity index (χ1v) is 6.07. The summed E-state index contributed by atoms with van der Waals surface area (Å²) in [6.45, 7) is 0. The highest BCUT2D eigenvalue weighted by molar-refractivity contribution is 7.45. The Bertz CT molecular complexity index is 279. The Morgan fingerprint density at radius 2 is 1.86 bits per heavy atom. The average Bonchev–Trinajstić information content (AvgIpc) is 2.15. The maximum atomic E-state index is 8.74. The molecule has 0 heterocycles. The molecule has 1 aromatic rings. The van der Waals surface area contributed by atoms with Crippen LogP contribution in [0.2, 0.25) is 5.02 Å². The molecule has 1 unspecified atom stereocenters. The zero-order chi connectivity index (χ0) is 10.6. The number of rotatable bonds is 4. The number of hydrogen-bond acceptors (Lipinski definition) is 3. The first kappa shape index (κ1) is 11.9. The fourth-order valence-corrected chi connectivity index (χ4v) is 1.77. The maximum Gasteiger partial charge on any atom is 0.165 e. The van der Waals surface area contributed by atoms with Gasteiger partial charge in [0.1, 0.15) is 0 Å². The molecule has 0 saturated carbocycles. The molecule has 78 valence electrons. The van der Waals surface area contributed by atoms with E-state index in [2.05, 4.69) is 0 Å². The van der Waals surface area contributed by atoms with E-state index in [9.17, 15) is 0 Å². The largest absolute Gasteiger partial charge is 0.350 e. The van der Waals surface area contributed by atoms with Crippen LogP contribution < -0.4 is 5.73 Å². The average molecular weight is 234 g/mol. The summed E-state index contributed by atoms with van der Waals surface area (Å²) in [5, 5.41) is 0.674. The molecule has 0 aliphatic heterocycles. The molecule has 14 heavy (non-hydrogen) atoms. The molecular weight excluding hydrogens is 221 g/mol. The number of halogens is 1. The highest BCUT2D eigenvalue weighted by Gasteiger charge is 2.08. The second-order valence-electron chi connectivity index (χ2n) is 3.04. The maximum absolute atomic E-state index is 8.74. The van der Waals surface area contributed by atoms with Gasteiger partial charge in [-0.25, -0.2) is 0 Å². The summed E-state index contributed by atoms with van der Waals surface area (Å²) >= 11 is 5.73. The van der Waals surface area contributed by atoms with Crippen molar-refractivity contribution in [2.75, 3.05) is 6.16 Å². The monoisotopic (exact) mass is 233 g/mol. The lowest BCUT2D eigenvalue weighted by Crippen LogP contribution is -2.11. The Morgan fingerprint density at radius 3 is 2.36 bits per heavy atom. The summed E-state index contributed by atoms with van der Waals surface area (Å²) in [6, 6.07) is 7.10. The van der Waals surface area contributed by atoms with Crippen LogP contribution in [0, 0.1) is 0 Å². The van der Waals surface area contributed by atoms with Gasteiger partial charge in [-0.1, -0.05) is 23.7 Å². The van der Waals surface area contributed by atoms with E-state index in [1.54, 1.807) is 12.1 Å². The van der Waals surface area contributed by atoms with Crippen molar-refractivity contribution in [2.45, 2.75) is 12.5 Å². The predicted octanol–water partition coefficient (Wildman–Crippen LogP) is 2.03. The van der Waals surface area contributed by atoms with Crippen LogP contribution in [0.15, 0.2) is 24.3 Å². The summed E-state index contributed by atoms with van der Waals surface area (Å²) in [5.41, 5.74) is 6.80. The Kier molecular flexibility index (Phi) is 4.79. The first-order valence-electron chi connectivity index (χ1n) is 4.26. The predicted molar refractivity (Wildman–Crippen MR) is 59.2 cm³/mol. The topological polar surface area (TPSA) is 66.5 Å². The van der Waals surface area contributed by atoms with Crippen molar-refractivity contribution in [3.63, 3.8) is 0 Å². The third-order valence-corrected chi connectivity index (χ3v) is 2.85. The van der Waals surface area contributed by atoms with E-state index in [1.807, 2.05) is 12.1 Å². The van der Waals surface area contributed by atoms with Crippen molar-refractivity contribution < 1.29 is 9.79 Å². The summed E-state index contributed by atoms with van der Waals surface area (Å²) in [6.07, 6.45) is 0.916. The van der Waals surface area contributed by atoms with Crippen LogP contribution in [-0.4, -0.2) is 15.9 Å². The number of benzene rings is 1. The van der Waals surface area contributed by atoms with Gasteiger partial charge in [-0.15, -0.1) is 0 Å². The van der Waals surface area contributed by atoms with Gasteiger partial charge in [0.2, 0.25) is 0 Å². The summed E-state index contributed by atoms with van der Waals surface area (Å²) in [7, 11) is -1.84. The van der Waals surface area contributed by atoms with E-state index in [0.717, 1.165) is 5.56 Å². The van der Waals surface area contributed by atoms with Gasteiger partial charge < -0.3 is 15.5 Å². The van der Waals surface area contributed by atoms with Gasteiger partial charge >= 0.3 is 0 Å². The number of nitrogens with two attached hydrogens (primary N) is 1. The second kappa shape index (κ2) is 5.64. The minimum absolute atomic E-state index is 0.156. The van der Waals surface area contributed by atoms with Gasteiger partial charge in [0.05, 0.1) is 0 Å². The van der Waals surface area contributed by atoms with Crippen LogP contribution in [0.3, 0.4) is 0 Å². The van der Waals surface area contributed by atoms with E-state index in [-0.39, 0.29) is 6.04 Å². The molecule has 0 saturated heterocycles. The fourth-order valence-electron chi connectivity index (χ4n) is 1.13. The lowest BCUT2D eigenvalue weighted by Gasteiger charge is -2.12. The molecule has 5 heteroatoms. The quantitative estimate of drug-likeness (QED) is 0.697. The SMILES string of the molecule is NC(CCP(O)O)c1ccc(Cl)cc1. The Hall–Kier alpha value is -0.180. The molecule has 0 amide bonds. The molecule has 1 aromatic carbocycles. The van der Waals surface area contributed by atoms with Crippen LogP contribution in [-0.2, 0) is 0 Å². The summed E-state index contributed by atoms with van der Waals surface area (Å²) in [4.78, 5) is 17.5. The molecular formula is C9H13ClNO2P. The Labute approximate surface area is 89.4 Å². The molecule has 3 nitrogen and oxygen atoms in total. The van der Waals surface area contributed by atoms with Crippen LogP contribution in [0.5, 0.6) is 0 Å². The molecule has 0 aliphatic carbocycles. The van der Waals surface area contributed by atoms with Gasteiger partial charge in [-0.05, 0) is 24.1 Å². The van der Waals surface area contributed by atoms with E-state index in [1.165, 1.54) is 0 Å². The van der Waals surface area contributed by atoms with E-state index in [4.69, 9.17) is 27.1 Å². The van der Waals surface area contributed by atoms with E-state index >= 15 is 0 Å². The normalized spacial score (nSPS) is 13.2. The molecule has 0 bridgehead atoms. The minimum Gasteiger partial charge on any atom is -0.350 e. The van der Waals surface area contributed by atoms with Gasteiger partial charge in [-0.2, -0.15) is 0 Å². The van der Waals surface area contributed by atoms with E-state index in [0.29, 0.717) is 17.6 Å². The smallest absolute Gasteiger partial charge is 0.165 e. The molecule has 4 N–H and O–H groups in total. The zero-order valence-corrected chi connectivity index (χ0v) is 9.25. The highest BCUT2D eigenvalue weighted by Crippen LogP contribution is 2.27. The third-order valence-electron chi connectivity index (χ3n) is 1.94. The first-order chi connectivity index (χ1) is 6.59. The molecule has 1 atom stereocenters. The number of hydrogen-bond donors (Lipinski definition) is 3. The van der Waals surface area contributed by atoms with Gasteiger partial charge in [-0.3, -0.25) is 0 Å². The molecule has 0 aromatic heterocycles. The van der Waals surface area contributed by atoms with Crippen molar-refractivity contribution in [1.82, 2.24) is 0 Å². The van der Waals surface area contributed by atoms with Gasteiger partial charge in [0, 0.05) is 17.2 Å². The van der Waals surface area contributed by atoms with Gasteiger partial charge in [0.15, 0.2) is 8.38 Å². The van der Waals surface area contributed by atoms with Crippen LogP contribution in [0.1, 0.15) is 18.0 Å². The van der Waals surface area contributed by atoms with Gasteiger partial charge in [0.25, 0.3) is 0 Å². The van der Waals surface area contributed by atoms with Crippen molar-refractivity contribution >= 4 is 20.0 Å². The van der Waals surface area contributed by atoms with E-state index < -0.39 is 8.38 Å². The van der Waals surface area contributed by atoms with Crippen molar-refractivity contribution in [2.24, 2.45) is 5.73 Å². The molecule has 0 fully saturated rings. The third kappa shape index (κ3) is 3.91. The summed E-state index contributed by atoms with van der Waals surface area (Å²) in [5.74, 6) is 0. The standard InChI is InChI=1S/C9H13ClNO2P/c10-8-3-1-7(2-4-8)9(11)5-6-14(12)13/h1-4,9,12-13H,5-6,11H2. The van der Waals surface area contributed by atoms with Crippen LogP contribution in [0.4, 0.5) is 0 Å². The fraction of sp³-hybridized carbons (Fsp3) is 0.333. The summed E-state index contributed by atoms with van der Waals surface area (Å²) < 4.78 is 0.